The fraction of sp³-hybridized carbons (Fsp3) is 0.800. The predicted octanol–water partition coefficient (Wildman–Crippen LogP) is -2.09. The number of ether oxygens (including phenoxy) is 2. The van der Waals surface area contributed by atoms with E-state index in [1.54, 1.807) is 0 Å². The van der Waals surface area contributed by atoms with Crippen molar-refractivity contribution >= 4 is 22.1 Å². The fourth-order valence-electron chi connectivity index (χ4n) is 1.73. The van der Waals surface area contributed by atoms with Crippen LogP contribution in [0.4, 0.5) is 0 Å². The van der Waals surface area contributed by atoms with Gasteiger partial charge < -0.3 is 15.2 Å². The zero-order valence-electron chi connectivity index (χ0n) is 11.4. The van der Waals surface area contributed by atoms with E-state index in [0.29, 0.717) is 0 Å². The van der Waals surface area contributed by atoms with E-state index in [2.05, 4.69) is 4.74 Å². The summed E-state index contributed by atoms with van der Waals surface area (Å²) in [5.41, 5.74) is 5.18. The van der Waals surface area contributed by atoms with Crippen LogP contribution in [0.25, 0.3) is 0 Å². The van der Waals surface area contributed by atoms with E-state index < -0.39 is 28.1 Å². The van der Waals surface area contributed by atoms with E-state index in [1.807, 2.05) is 0 Å². The molecule has 2 N–H and O–H groups in total. The van der Waals surface area contributed by atoms with Gasteiger partial charge in [0.05, 0.1) is 26.7 Å². The SMILES string of the molecule is COC(=O)CCN(C)S(=O)(=O)N1CCOCC1C(N)=O. The minimum Gasteiger partial charge on any atom is -0.469 e. The maximum atomic E-state index is 12.3. The van der Waals surface area contributed by atoms with Crippen LogP contribution in [0.3, 0.4) is 0 Å². The molecule has 116 valence electrons. The maximum Gasteiger partial charge on any atom is 0.306 e. The van der Waals surface area contributed by atoms with E-state index in [-0.39, 0.29) is 32.7 Å². The summed E-state index contributed by atoms with van der Waals surface area (Å²) in [6.07, 6.45) is -0.0716. The van der Waals surface area contributed by atoms with Crippen molar-refractivity contribution in [3.8, 4) is 0 Å². The number of methoxy groups -OCH3 is 1. The van der Waals surface area contributed by atoms with Gasteiger partial charge in [-0.3, -0.25) is 9.59 Å². The van der Waals surface area contributed by atoms with Gasteiger partial charge in [-0.1, -0.05) is 0 Å². The number of rotatable bonds is 6. The fourth-order valence-corrected chi connectivity index (χ4v) is 3.21. The van der Waals surface area contributed by atoms with Crippen LogP contribution in [0.2, 0.25) is 0 Å². The van der Waals surface area contributed by atoms with E-state index in [0.717, 1.165) is 8.61 Å². The lowest BCUT2D eigenvalue weighted by atomic mass is 10.3. The highest BCUT2D eigenvalue weighted by Crippen LogP contribution is 2.15. The summed E-state index contributed by atoms with van der Waals surface area (Å²) in [7, 11) is -1.33. The topological polar surface area (TPSA) is 119 Å². The van der Waals surface area contributed by atoms with Gasteiger partial charge in [-0.25, -0.2) is 0 Å². The smallest absolute Gasteiger partial charge is 0.306 e. The van der Waals surface area contributed by atoms with E-state index in [9.17, 15) is 18.0 Å². The minimum atomic E-state index is -3.88. The molecule has 0 aromatic carbocycles. The van der Waals surface area contributed by atoms with Crippen molar-refractivity contribution < 1.29 is 27.5 Å². The number of nitrogens with two attached hydrogens (primary N) is 1. The van der Waals surface area contributed by atoms with Crippen molar-refractivity contribution in [2.24, 2.45) is 5.73 Å². The largest absolute Gasteiger partial charge is 0.469 e. The molecule has 20 heavy (non-hydrogen) atoms. The first kappa shape index (κ1) is 16.8. The third kappa shape index (κ3) is 3.88. The van der Waals surface area contributed by atoms with Crippen molar-refractivity contribution in [2.45, 2.75) is 12.5 Å². The summed E-state index contributed by atoms with van der Waals surface area (Å²) in [6.45, 7) is 0.115. The van der Waals surface area contributed by atoms with E-state index >= 15 is 0 Å². The first-order chi connectivity index (χ1) is 9.30. The van der Waals surface area contributed by atoms with E-state index in [4.69, 9.17) is 10.5 Å². The highest BCUT2D eigenvalue weighted by molar-refractivity contribution is 7.86. The van der Waals surface area contributed by atoms with Gasteiger partial charge in [0, 0.05) is 20.1 Å². The van der Waals surface area contributed by atoms with Crippen molar-refractivity contribution in [3.05, 3.63) is 0 Å². The zero-order valence-corrected chi connectivity index (χ0v) is 12.3. The van der Waals surface area contributed by atoms with Crippen molar-refractivity contribution in [2.75, 3.05) is 40.5 Å². The molecule has 0 radical (unpaired) electrons. The second kappa shape index (κ2) is 6.97. The van der Waals surface area contributed by atoms with Crippen LogP contribution in [-0.4, -0.2) is 75.4 Å². The van der Waals surface area contributed by atoms with Crippen LogP contribution in [0.1, 0.15) is 6.42 Å². The summed E-state index contributed by atoms with van der Waals surface area (Å²) < 4.78 is 36.2. The average molecular weight is 309 g/mol. The summed E-state index contributed by atoms with van der Waals surface area (Å²) in [5.74, 6) is -1.28. The number of esters is 1. The van der Waals surface area contributed by atoms with Crippen LogP contribution >= 0.6 is 0 Å². The maximum absolute atomic E-state index is 12.3. The third-order valence-electron chi connectivity index (χ3n) is 2.96. The summed E-state index contributed by atoms with van der Waals surface area (Å²) >= 11 is 0. The number of primary amides is 1. The Morgan fingerprint density at radius 1 is 1.50 bits per heavy atom. The quantitative estimate of drug-likeness (QED) is 0.562. The monoisotopic (exact) mass is 309 g/mol. The molecule has 1 heterocycles. The van der Waals surface area contributed by atoms with Gasteiger partial charge in [-0.05, 0) is 0 Å². The Balaban J connectivity index is 2.79. The lowest BCUT2D eigenvalue weighted by molar-refractivity contribution is -0.140. The molecule has 0 spiro atoms. The van der Waals surface area contributed by atoms with Gasteiger partial charge in [-0.15, -0.1) is 0 Å². The van der Waals surface area contributed by atoms with Crippen LogP contribution < -0.4 is 5.73 Å². The second-order valence-electron chi connectivity index (χ2n) is 4.26. The van der Waals surface area contributed by atoms with Crippen LogP contribution in [0.15, 0.2) is 0 Å². The normalized spacial score (nSPS) is 20.9. The molecular weight excluding hydrogens is 290 g/mol. The highest BCUT2D eigenvalue weighted by Gasteiger charge is 2.38. The number of amides is 1. The molecule has 1 atom stereocenters. The molecule has 1 aliphatic heterocycles. The molecule has 9 nitrogen and oxygen atoms in total. The molecular formula is C10H19N3O6S. The number of carbonyl (C=O) groups excluding carboxylic acids is 2. The highest BCUT2D eigenvalue weighted by atomic mass is 32.2. The zero-order chi connectivity index (χ0) is 15.3. The van der Waals surface area contributed by atoms with Gasteiger partial charge in [0.25, 0.3) is 10.2 Å². The molecule has 10 heteroatoms. The third-order valence-corrected chi connectivity index (χ3v) is 4.96. The molecule has 1 aliphatic rings. The molecule has 1 amide bonds. The molecule has 0 aliphatic carbocycles. The lowest BCUT2D eigenvalue weighted by Crippen LogP contribution is -2.57. The number of carbonyl (C=O) groups is 2. The van der Waals surface area contributed by atoms with Crippen molar-refractivity contribution in [1.82, 2.24) is 8.61 Å². The Morgan fingerprint density at radius 3 is 2.70 bits per heavy atom. The molecule has 0 bridgehead atoms. The second-order valence-corrected chi connectivity index (χ2v) is 6.25. The number of hydrogen-bond acceptors (Lipinski definition) is 6. The van der Waals surface area contributed by atoms with Crippen molar-refractivity contribution in [1.29, 1.82) is 0 Å². The molecule has 1 saturated heterocycles. The van der Waals surface area contributed by atoms with Crippen LogP contribution in [0, 0.1) is 0 Å². The molecule has 1 unspecified atom stereocenters. The first-order valence-electron chi connectivity index (χ1n) is 5.97. The van der Waals surface area contributed by atoms with Gasteiger partial charge in [0.15, 0.2) is 0 Å². The average Bonchev–Trinajstić information content (AvgIpc) is 2.43. The summed E-state index contributed by atoms with van der Waals surface area (Å²) in [5, 5.41) is 0. The number of nitrogens with zero attached hydrogens (tertiary/aromatic N) is 2. The van der Waals surface area contributed by atoms with Crippen LogP contribution in [0.5, 0.6) is 0 Å². The number of morpholine rings is 1. The Bertz CT molecular complexity index is 466. The predicted molar refractivity (Wildman–Crippen MR) is 68.7 cm³/mol. The summed E-state index contributed by atoms with van der Waals surface area (Å²) in [4.78, 5) is 22.3. The Labute approximate surface area is 117 Å². The Kier molecular flexibility index (Phi) is 5.87. The van der Waals surface area contributed by atoms with Gasteiger partial charge in [0.1, 0.15) is 6.04 Å². The molecule has 0 saturated carbocycles. The Hall–Kier alpha value is -1.23. The standard InChI is InChI=1S/C10H19N3O6S/c1-12(4-3-9(14)18-2)20(16,17)13-5-6-19-7-8(13)10(11)15/h8H,3-7H2,1-2H3,(H2,11,15). The van der Waals surface area contributed by atoms with Gasteiger partial charge in [0.2, 0.25) is 5.91 Å². The molecule has 0 aromatic rings. The minimum absolute atomic E-state index is 0.0402. The van der Waals surface area contributed by atoms with Gasteiger partial charge in [-0.2, -0.15) is 17.0 Å². The molecule has 1 fully saturated rings. The Morgan fingerprint density at radius 2 is 2.15 bits per heavy atom. The molecule has 1 rings (SSSR count). The molecule has 0 aromatic heterocycles. The summed E-state index contributed by atoms with van der Waals surface area (Å²) in [6, 6.07) is -1.03. The van der Waals surface area contributed by atoms with Crippen molar-refractivity contribution in [3.63, 3.8) is 0 Å². The number of hydrogen-bond donors (Lipinski definition) is 1. The first-order valence-corrected chi connectivity index (χ1v) is 7.37. The van der Waals surface area contributed by atoms with Crippen LogP contribution in [-0.2, 0) is 29.3 Å². The van der Waals surface area contributed by atoms with Gasteiger partial charge >= 0.3 is 5.97 Å². The lowest BCUT2D eigenvalue weighted by Gasteiger charge is -2.35. The van der Waals surface area contributed by atoms with E-state index in [1.165, 1.54) is 14.2 Å².